The Morgan fingerprint density at radius 1 is 1.11 bits per heavy atom. The van der Waals surface area contributed by atoms with Crippen molar-refractivity contribution < 1.29 is 5.11 Å². The summed E-state index contributed by atoms with van der Waals surface area (Å²) in [6, 6.07) is 11.5. The molecule has 3 heterocycles. The smallest absolute Gasteiger partial charge is 0.221 e. The predicted molar refractivity (Wildman–Crippen MR) is 106 cm³/mol. The first-order valence-electron chi connectivity index (χ1n) is 8.93. The molecule has 0 saturated carbocycles. The zero-order valence-corrected chi connectivity index (χ0v) is 16.0. The Hall–Kier alpha value is -3.39. The number of pyridine rings is 1. The lowest BCUT2D eigenvalue weighted by Gasteiger charge is -2.17. The molecule has 0 saturated heterocycles. The summed E-state index contributed by atoms with van der Waals surface area (Å²) in [5.41, 5.74) is 9.40. The van der Waals surface area contributed by atoms with Crippen LogP contribution in [0.4, 0.5) is 5.95 Å². The third kappa shape index (κ3) is 3.54. The van der Waals surface area contributed by atoms with E-state index in [-0.39, 0.29) is 5.95 Å². The average molecular weight is 375 g/mol. The van der Waals surface area contributed by atoms with E-state index in [0.29, 0.717) is 23.6 Å². The van der Waals surface area contributed by atoms with Crippen molar-refractivity contribution >= 4 is 16.9 Å². The van der Waals surface area contributed by atoms with Gasteiger partial charge in [0.15, 0.2) is 0 Å². The van der Waals surface area contributed by atoms with E-state index in [9.17, 15) is 5.11 Å². The van der Waals surface area contributed by atoms with Crippen molar-refractivity contribution in [2.45, 2.75) is 32.9 Å². The molecule has 8 heteroatoms. The lowest BCUT2D eigenvalue weighted by Crippen LogP contribution is -2.18. The van der Waals surface area contributed by atoms with Gasteiger partial charge in [0.1, 0.15) is 17.0 Å². The minimum Gasteiger partial charge on any atom is -0.384 e. The number of benzene rings is 1. The number of nitrogens with zero attached hydrogens (tertiary/aromatic N) is 6. The summed E-state index contributed by atoms with van der Waals surface area (Å²) in [6.07, 6.45) is 1.81. The fraction of sp³-hybridized carbons (Fsp3) is 0.250. The quantitative estimate of drug-likeness (QED) is 0.563. The zero-order chi connectivity index (χ0) is 19.9. The van der Waals surface area contributed by atoms with Crippen molar-refractivity contribution in [3.05, 3.63) is 59.5 Å². The number of nitrogen functional groups attached to an aromatic ring is 1. The molecule has 4 rings (SSSR count). The van der Waals surface area contributed by atoms with Gasteiger partial charge in [0.2, 0.25) is 5.95 Å². The van der Waals surface area contributed by atoms with E-state index >= 15 is 0 Å². The highest BCUT2D eigenvalue weighted by Crippen LogP contribution is 2.26. The molecule has 8 nitrogen and oxygen atoms in total. The van der Waals surface area contributed by atoms with E-state index in [1.165, 1.54) is 0 Å². The highest BCUT2D eigenvalue weighted by molar-refractivity contribution is 5.92. The van der Waals surface area contributed by atoms with E-state index in [1.54, 1.807) is 30.8 Å². The van der Waals surface area contributed by atoms with Gasteiger partial charge < -0.3 is 10.8 Å². The number of rotatable bonds is 4. The Labute approximate surface area is 162 Å². The number of anilines is 1. The molecule has 0 bridgehead atoms. The van der Waals surface area contributed by atoms with Crippen molar-refractivity contribution in [2.75, 3.05) is 5.73 Å². The molecule has 3 aromatic heterocycles. The Kier molecular flexibility index (Phi) is 4.27. The summed E-state index contributed by atoms with van der Waals surface area (Å²) in [4.78, 5) is 13.2. The molecule has 3 N–H and O–H groups in total. The monoisotopic (exact) mass is 375 g/mol. The van der Waals surface area contributed by atoms with Gasteiger partial charge in [0, 0.05) is 5.39 Å². The number of fused-ring (bicyclic) bond motifs is 1. The second kappa shape index (κ2) is 6.65. The molecular formula is C20H21N7O. The van der Waals surface area contributed by atoms with Crippen LogP contribution in [0.25, 0.3) is 22.3 Å². The molecule has 1 aromatic carbocycles. The minimum atomic E-state index is -1.00. The SMILES string of the molecule is Cc1ccc2c(-c3cn(Cc4cccc(C(C)(C)O)n4)nn3)nc(N)nc2c1. The van der Waals surface area contributed by atoms with Gasteiger partial charge in [-0.25, -0.2) is 14.6 Å². The standard InChI is InChI=1S/C20H21N7O/c1-12-7-8-14-15(9-12)23-19(21)24-18(14)16-11-27(26-25-16)10-13-5-4-6-17(22-13)20(2,3)28/h4-9,11,28H,10H2,1-3H3,(H2,21,23,24). The van der Waals surface area contributed by atoms with Crippen LogP contribution < -0.4 is 5.73 Å². The molecule has 0 atom stereocenters. The van der Waals surface area contributed by atoms with Crippen LogP contribution >= 0.6 is 0 Å². The first-order valence-corrected chi connectivity index (χ1v) is 8.93. The molecule has 0 aliphatic carbocycles. The normalized spacial score (nSPS) is 11.9. The van der Waals surface area contributed by atoms with Crippen LogP contribution in [0.2, 0.25) is 0 Å². The van der Waals surface area contributed by atoms with Crippen molar-refractivity contribution in [2.24, 2.45) is 0 Å². The summed E-state index contributed by atoms with van der Waals surface area (Å²) in [6.45, 7) is 5.84. The van der Waals surface area contributed by atoms with Gasteiger partial charge >= 0.3 is 0 Å². The molecule has 4 aromatic rings. The molecule has 0 amide bonds. The molecule has 28 heavy (non-hydrogen) atoms. The lowest BCUT2D eigenvalue weighted by atomic mass is 10.0. The Balaban J connectivity index is 1.68. The van der Waals surface area contributed by atoms with Crippen LogP contribution in [0.15, 0.2) is 42.6 Å². The van der Waals surface area contributed by atoms with Gasteiger partial charge in [0.25, 0.3) is 0 Å². The zero-order valence-electron chi connectivity index (χ0n) is 16.0. The van der Waals surface area contributed by atoms with Crippen LogP contribution in [0.1, 0.15) is 30.8 Å². The number of hydrogen-bond acceptors (Lipinski definition) is 7. The van der Waals surface area contributed by atoms with E-state index in [1.807, 2.05) is 37.3 Å². The van der Waals surface area contributed by atoms with Crippen LogP contribution in [0.3, 0.4) is 0 Å². The van der Waals surface area contributed by atoms with Gasteiger partial charge in [-0.2, -0.15) is 0 Å². The first kappa shape index (κ1) is 18.0. The van der Waals surface area contributed by atoms with Gasteiger partial charge in [-0.3, -0.25) is 4.98 Å². The molecule has 0 spiro atoms. The van der Waals surface area contributed by atoms with Gasteiger partial charge in [0.05, 0.1) is 29.6 Å². The lowest BCUT2D eigenvalue weighted by molar-refractivity contribution is 0.0736. The van der Waals surface area contributed by atoms with E-state index in [2.05, 4.69) is 25.3 Å². The number of nitrogens with two attached hydrogens (primary N) is 1. The summed E-state index contributed by atoms with van der Waals surface area (Å²) in [5.74, 6) is 0.196. The van der Waals surface area contributed by atoms with Crippen LogP contribution in [0.5, 0.6) is 0 Å². The van der Waals surface area contributed by atoms with Gasteiger partial charge in [-0.05, 0) is 44.5 Å². The van der Waals surface area contributed by atoms with Crippen molar-refractivity contribution in [3.8, 4) is 11.4 Å². The van der Waals surface area contributed by atoms with Crippen LogP contribution in [-0.2, 0) is 12.1 Å². The van der Waals surface area contributed by atoms with Crippen molar-refractivity contribution in [3.63, 3.8) is 0 Å². The van der Waals surface area contributed by atoms with E-state index in [4.69, 9.17) is 5.73 Å². The fourth-order valence-electron chi connectivity index (χ4n) is 3.01. The van der Waals surface area contributed by atoms with Crippen LogP contribution in [-0.4, -0.2) is 35.1 Å². The number of aliphatic hydroxyl groups is 1. The molecular weight excluding hydrogens is 354 g/mol. The van der Waals surface area contributed by atoms with E-state index in [0.717, 1.165) is 22.2 Å². The summed E-state index contributed by atoms with van der Waals surface area (Å²) < 4.78 is 1.68. The largest absolute Gasteiger partial charge is 0.384 e. The maximum atomic E-state index is 10.2. The summed E-state index contributed by atoms with van der Waals surface area (Å²) in [5, 5.41) is 19.5. The third-order valence-corrected chi connectivity index (χ3v) is 4.41. The highest BCUT2D eigenvalue weighted by atomic mass is 16.3. The maximum absolute atomic E-state index is 10.2. The summed E-state index contributed by atoms with van der Waals surface area (Å²) in [7, 11) is 0. The maximum Gasteiger partial charge on any atom is 0.221 e. The number of hydrogen-bond donors (Lipinski definition) is 2. The Morgan fingerprint density at radius 3 is 2.71 bits per heavy atom. The first-order chi connectivity index (χ1) is 13.3. The molecule has 0 fully saturated rings. The Bertz CT molecular complexity index is 1160. The van der Waals surface area contributed by atoms with Gasteiger partial charge in [-0.15, -0.1) is 5.10 Å². The average Bonchev–Trinajstić information content (AvgIpc) is 3.08. The van der Waals surface area contributed by atoms with Crippen molar-refractivity contribution in [1.82, 2.24) is 29.9 Å². The molecule has 0 aliphatic rings. The second-order valence-electron chi connectivity index (χ2n) is 7.33. The Morgan fingerprint density at radius 2 is 1.93 bits per heavy atom. The summed E-state index contributed by atoms with van der Waals surface area (Å²) >= 11 is 0. The van der Waals surface area contributed by atoms with E-state index < -0.39 is 5.60 Å². The number of aromatic nitrogens is 6. The van der Waals surface area contributed by atoms with Crippen molar-refractivity contribution in [1.29, 1.82) is 0 Å². The fourth-order valence-corrected chi connectivity index (χ4v) is 3.01. The number of aryl methyl sites for hydroxylation is 1. The van der Waals surface area contributed by atoms with Gasteiger partial charge in [-0.1, -0.05) is 23.4 Å². The molecule has 0 aliphatic heterocycles. The predicted octanol–water partition coefficient (Wildman–Crippen LogP) is 2.45. The molecule has 0 unspecified atom stereocenters. The topological polar surface area (TPSA) is 116 Å². The highest BCUT2D eigenvalue weighted by Gasteiger charge is 2.18. The second-order valence-corrected chi connectivity index (χ2v) is 7.33. The molecule has 142 valence electrons. The van der Waals surface area contributed by atoms with Crippen LogP contribution in [0, 0.1) is 6.92 Å². The molecule has 0 radical (unpaired) electrons. The third-order valence-electron chi connectivity index (χ3n) is 4.41. The minimum absolute atomic E-state index is 0.196.